The van der Waals surface area contributed by atoms with Crippen LogP contribution in [0.15, 0.2) is 58.3 Å². The van der Waals surface area contributed by atoms with E-state index in [0.29, 0.717) is 24.3 Å². The molecule has 0 aliphatic rings. The van der Waals surface area contributed by atoms with Crippen LogP contribution in [0.4, 0.5) is 0 Å². The first-order chi connectivity index (χ1) is 20.1. The SMILES string of the molecule is CCCCCCCCSCCC(=O)Oc1ccc(Sc2ccc(OC(=O)CCSCCCCCCCC)cc2)cc1. The van der Waals surface area contributed by atoms with E-state index in [1.54, 1.807) is 11.8 Å². The fraction of sp³-hybridized carbons (Fsp3) is 0.588. The van der Waals surface area contributed by atoms with Crippen molar-refractivity contribution in [2.24, 2.45) is 0 Å². The molecule has 41 heavy (non-hydrogen) atoms. The van der Waals surface area contributed by atoms with Gasteiger partial charge in [0, 0.05) is 21.3 Å². The summed E-state index contributed by atoms with van der Waals surface area (Å²) in [5, 5.41) is 0. The molecular weight excluding hydrogens is 569 g/mol. The average Bonchev–Trinajstić information content (AvgIpc) is 2.97. The van der Waals surface area contributed by atoms with E-state index in [9.17, 15) is 9.59 Å². The zero-order valence-corrected chi connectivity index (χ0v) is 27.7. The van der Waals surface area contributed by atoms with Crippen LogP contribution in [0.2, 0.25) is 0 Å². The minimum Gasteiger partial charge on any atom is -0.427 e. The van der Waals surface area contributed by atoms with E-state index in [0.717, 1.165) is 32.8 Å². The van der Waals surface area contributed by atoms with Gasteiger partial charge >= 0.3 is 11.9 Å². The first-order valence-electron chi connectivity index (χ1n) is 15.6. The van der Waals surface area contributed by atoms with Crippen LogP contribution in [0, 0.1) is 0 Å². The molecule has 2 rings (SSSR count). The summed E-state index contributed by atoms with van der Waals surface area (Å²) in [6.45, 7) is 4.48. The second-order valence-electron chi connectivity index (χ2n) is 10.3. The Balaban J connectivity index is 1.57. The van der Waals surface area contributed by atoms with Crippen molar-refractivity contribution in [1.82, 2.24) is 0 Å². The van der Waals surface area contributed by atoms with Crippen molar-refractivity contribution in [3.05, 3.63) is 48.5 Å². The van der Waals surface area contributed by atoms with E-state index in [4.69, 9.17) is 9.47 Å². The lowest BCUT2D eigenvalue weighted by Crippen LogP contribution is -2.09. The highest BCUT2D eigenvalue weighted by molar-refractivity contribution is 7.99. The van der Waals surface area contributed by atoms with E-state index in [-0.39, 0.29) is 11.9 Å². The third-order valence-corrected chi connectivity index (χ3v) is 9.69. The standard InChI is InChI=1S/C34H50O4S3/c1-3-5-7-9-11-13-25-39-27-23-33(35)37-29-15-19-31(20-16-29)41-32-21-17-30(18-22-32)38-34(36)24-28-40-26-14-12-10-8-6-4-2/h15-22H,3-14,23-28H2,1-2H3. The van der Waals surface area contributed by atoms with Gasteiger partial charge in [-0.15, -0.1) is 0 Å². The van der Waals surface area contributed by atoms with Gasteiger partial charge in [-0.1, -0.05) is 89.8 Å². The highest BCUT2D eigenvalue weighted by Gasteiger charge is 2.08. The summed E-state index contributed by atoms with van der Waals surface area (Å²) in [4.78, 5) is 26.4. The molecule has 0 aromatic heterocycles. The van der Waals surface area contributed by atoms with Crippen molar-refractivity contribution in [3.8, 4) is 11.5 Å². The minimum atomic E-state index is -0.178. The van der Waals surface area contributed by atoms with E-state index in [1.165, 1.54) is 77.0 Å². The summed E-state index contributed by atoms with van der Waals surface area (Å²) in [6.07, 6.45) is 16.5. The molecule has 7 heteroatoms. The molecule has 0 spiro atoms. The number of rotatable bonds is 24. The van der Waals surface area contributed by atoms with Crippen LogP contribution in [0.5, 0.6) is 11.5 Å². The predicted octanol–water partition coefficient (Wildman–Crippen LogP) is 10.6. The molecule has 0 aliphatic carbocycles. The molecule has 0 amide bonds. The molecule has 0 saturated carbocycles. The number of ether oxygens (including phenoxy) is 2. The Morgan fingerprint density at radius 1 is 0.512 bits per heavy atom. The van der Waals surface area contributed by atoms with Gasteiger partial charge in [-0.05, 0) is 72.9 Å². The van der Waals surface area contributed by atoms with Crippen LogP contribution in [-0.2, 0) is 9.59 Å². The van der Waals surface area contributed by atoms with Gasteiger partial charge in [0.05, 0.1) is 12.8 Å². The van der Waals surface area contributed by atoms with Crippen LogP contribution >= 0.6 is 35.3 Å². The highest BCUT2D eigenvalue weighted by Crippen LogP contribution is 2.30. The Hall–Kier alpha value is -1.57. The van der Waals surface area contributed by atoms with E-state index in [2.05, 4.69) is 13.8 Å². The normalized spacial score (nSPS) is 11.0. The van der Waals surface area contributed by atoms with Gasteiger partial charge in [0.25, 0.3) is 0 Å². The monoisotopic (exact) mass is 618 g/mol. The number of thioether (sulfide) groups is 2. The van der Waals surface area contributed by atoms with Gasteiger partial charge < -0.3 is 9.47 Å². The van der Waals surface area contributed by atoms with Gasteiger partial charge in [0.15, 0.2) is 0 Å². The maximum absolute atomic E-state index is 12.2. The third-order valence-electron chi connectivity index (χ3n) is 6.53. The lowest BCUT2D eigenvalue weighted by Gasteiger charge is -2.07. The molecule has 0 heterocycles. The molecule has 0 radical (unpaired) electrons. The van der Waals surface area contributed by atoms with E-state index < -0.39 is 0 Å². The van der Waals surface area contributed by atoms with Gasteiger partial charge in [-0.3, -0.25) is 9.59 Å². The smallest absolute Gasteiger partial charge is 0.312 e. The molecule has 0 unspecified atom stereocenters. The number of hydrogen-bond acceptors (Lipinski definition) is 7. The Kier molecular flexibility index (Phi) is 20.8. The third kappa shape index (κ3) is 18.6. The summed E-state index contributed by atoms with van der Waals surface area (Å²) >= 11 is 5.29. The van der Waals surface area contributed by atoms with Crippen LogP contribution in [0.1, 0.15) is 104 Å². The van der Waals surface area contributed by atoms with Crippen molar-refractivity contribution in [3.63, 3.8) is 0 Å². The Bertz CT molecular complexity index is 870. The maximum atomic E-state index is 12.2. The van der Waals surface area contributed by atoms with Gasteiger partial charge in [-0.25, -0.2) is 0 Å². The number of carbonyl (C=O) groups is 2. The fourth-order valence-corrected chi connectivity index (χ4v) is 6.80. The molecule has 0 atom stereocenters. The van der Waals surface area contributed by atoms with Gasteiger partial charge in [0.2, 0.25) is 0 Å². The summed E-state index contributed by atoms with van der Waals surface area (Å²) in [7, 11) is 0. The lowest BCUT2D eigenvalue weighted by molar-refractivity contribution is -0.134. The van der Waals surface area contributed by atoms with Crippen LogP contribution in [0.3, 0.4) is 0 Å². The molecule has 2 aromatic rings. The van der Waals surface area contributed by atoms with Crippen molar-refractivity contribution >= 4 is 47.2 Å². The highest BCUT2D eigenvalue weighted by atomic mass is 32.2. The van der Waals surface area contributed by atoms with Crippen LogP contribution < -0.4 is 9.47 Å². The first kappa shape index (κ1) is 35.6. The number of hydrogen-bond donors (Lipinski definition) is 0. The quantitative estimate of drug-likeness (QED) is 0.0659. The Morgan fingerprint density at radius 3 is 1.27 bits per heavy atom. The zero-order chi connectivity index (χ0) is 29.4. The Labute approximate surface area is 261 Å². The Morgan fingerprint density at radius 2 is 0.878 bits per heavy atom. The summed E-state index contributed by atoms with van der Waals surface area (Å²) in [6, 6.07) is 15.2. The average molecular weight is 619 g/mol. The summed E-state index contributed by atoms with van der Waals surface area (Å²) in [5.41, 5.74) is 0. The maximum Gasteiger partial charge on any atom is 0.312 e. The van der Waals surface area contributed by atoms with Crippen LogP contribution in [-0.4, -0.2) is 35.0 Å². The van der Waals surface area contributed by atoms with Crippen LogP contribution in [0.25, 0.3) is 0 Å². The number of esters is 2. The number of benzene rings is 2. The largest absolute Gasteiger partial charge is 0.427 e. The molecule has 0 saturated heterocycles. The molecule has 0 N–H and O–H groups in total. The van der Waals surface area contributed by atoms with Crippen molar-refractivity contribution in [2.75, 3.05) is 23.0 Å². The topological polar surface area (TPSA) is 52.6 Å². The zero-order valence-electron chi connectivity index (χ0n) is 25.2. The lowest BCUT2D eigenvalue weighted by atomic mass is 10.1. The van der Waals surface area contributed by atoms with Crippen molar-refractivity contribution in [2.45, 2.75) is 114 Å². The first-order valence-corrected chi connectivity index (χ1v) is 18.7. The molecule has 4 nitrogen and oxygen atoms in total. The van der Waals surface area contributed by atoms with Crippen molar-refractivity contribution in [1.29, 1.82) is 0 Å². The summed E-state index contributed by atoms with van der Waals surface area (Å²) < 4.78 is 11.0. The van der Waals surface area contributed by atoms with E-state index >= 15 is 0 Å². The number of unbranched alkanes of at least 4 members (excludes halogenated alkanes) is 10. The predicted molar refractivity (Wildman–Crippen MR) is 179 cm³/mol. The molecule has 0 fully saturated rings. The minimum absolute atomic E-state index is 0.178. The summed E-state index contributed by atoms with van der Waals surface area (Å²) in [5.74, 6) is 4.65. The molecule has 0 bridgehead atoms. The molecular formula is C34H50O4S3. The molecule has 0 aliphatic heterocycles. The second kappa shape index (κ2) is 23.9. The molecule has 228 valence electrons. The van der Waals surface area contributed by atoms with E-state index in [1.807, 2.05) is 72.1 Å². The van der Waals surface area contributed by atoms with Gasteiger partial charge in [-0.2, -0.15) is 23.5 Å². The molecule has 2 aromatic carbocycles. The van der Waals surface area contributed by atoms with Gasteiger partial charge in [0.1, 0.15) is 11.5 Å². The second-order valence-corrected chi connectivity index (χ2v) is 13.8. The number of carbonyl (C=O) groups excluding carboxylic acids is 2. The fourth-order valence-electron chi connectivity index (χ4n) is 4.14. The van der Waals surface area contributed by atoms with Crippen molar-refractivity contribution < 1.29 is 19.1 Å².